The average molecular weight is 819 g/mol. The van der Waals surface area contributed by atoms with Gasteiger partial charge < -0.3 is 0 Å². The van der Waals surface area contributed by atoms with E-state index in [1.54, 1.807) is 0 Å². The van der Waals surface area contributed by atoms with Gasteiger partial charge in [0.15, 0.2) is 0 Å². The maximum atomic E-state index is 2.33. The Morgan fingerprint density at radius 3 is 0.875 bits per heavy atom. The summed E-state index contributed by atoms with van der Waals surface area (Å²) < 4.78 is 0. The second kappa shape index (κ2) is 20.7. The molecule has 0 unspecified atom stereocenters. The van der Waals surface area contributed by atoms with E-state index in [2.05, 4.69) is 279 Å². The van der Waals surface area contributed by atoms with Crippen LogP contribution in [0.3, 0.4) is 0 Å². The number of hydrogen-bond donors (Lipinski definition) is 0. The maximum absolute atomic E-state index is 2.33. The van der Waals surface area contributed by atoms with Crippen LogP contribution in [-0.4, -0.2) is 0 Å². The first-order valence-corrected chi connectivity index (χ1v) is 22.2. The summed E-state index contributed by atoms with van der Waals surface area (Å²) >= 11 is 0. The van der Waals surface area contributed by atoms with Gasteiger partial charge in [0, 0.05) is 0 Å². The molecular weight excluding hydrogens is 769 g/mol. The van der Waals surface area contributed by atoms with Crippen LogP contribution in [0.15, 0.2) is 243 Å². The zero-order valence-electron chi connectivity index (χ0n) is 36.0. The molecule has 0 N–H and O–H groups in total. The van der Waals surface area contributed by atoms with Crippen molar-refractivity contribution in [3.63, 3.8) is 0 Å². The third-order valence-corrected chi connectivity index (χ3v) is 11.6. The molecular formula is C64H50. The summed E-state index contributed by atoms with van der Waals surface area (Å²) in [5, 5.41) is 0. The van der Waals surface area contributed by atoms with E-state index in [4.69, 9.17) is 0 Å². The molecule has 0 aliphatic carbocycles. The van der Waals surface area contributed by atoms with Crippen molar-refractivity contribution < 1.29 is 0 Å². The summed E-state index contributed by atoms with van der Waals surface area (Å²) in [7, 11) is 0. The Kier molecular flexibility index (Phi) is 13.3. The SMILES string of the molecule is C(=Cc1ccccc1/C=C(/c1ccccc1)c1ccc(Cc2ccccc2)cc1)c1ccc(C=Cc2ccccc2/C=C(/c2ccccc2)c2ccc(Cc3ccccc3)cc2)cc1. The quantitative estimate of drug-likeness (QED) is 0.0959. The molecule has 0 spiro atoms. The fourth-order valence-corrected chi connectivity index (χ4v) is 8.16. The highest BCUT2D eigenvalue weighted by molar-refractivity contribution is 5.94. The number of benzene rings is 9. The highest BCUT2D eigenvalue weighted by Gasteiger charge is 2.10. The Morgan fingerprint density at radius 2 is 0.516 bits per heavy atom. The van der Waals surface area contributed by atoms with Crippen LogP contribution >= 0.6 is 0 Å². The summed E-state index contributed by atoms with van der Waals surface area (Å²) in [6.45, 7) is 0. The van der Waals surface area contributed by atoms with Gasteiger partial charge in [0.1, 0.15) is 0 Å². The van der Waals surface area contributed by atoms with Crippen molar-refractivity contribution in [2.75, 3.05) is 0 Å². The minimum atomic E-state index is 0.921. The fourth-order valence-electron chi connectivity index (χ4n) is 8.16. The van der Waals surface area contributed by atoms with Crippen LogP contribution < -0.4 is 0 Å². The van der Waals surface area contributed by atoms with Gasteiger partial charge in [-0.2, -0.15) is 0 Å². The Bertz CT molecular complexity index is 2790. The lowest BCUT2D eigenvalue weighted by molar-refractivity contribution is 1.19. The lowest BCUT2D eigenvalue weighted by Crippen LogP contribution is -1.92. The van der Waals surface area contributed by atoms with Gasteiger partial charge in [0.05, 0.1) is 0 Å². The van der Waals surface area contributed by atoms with Crippen molar-refractivity contribution in [1.29, 1.82) is 0 Å². The third-order valence-electron chi connectivity index (χ3n) is 11.6. The highest BCUT2D eigenvalue weighted by atomic mass is 14.1. The Hall–Kier alpha value is -8.06. The molecule has 9 aromatic carbocycles. The van der Waals surface area contributed by atoms with Gasteiger partial charge in [-0.3, -0.25) is 0 Å². The molecule has 0 atom stereocenters. The molecule has 0 aromatic heterocycles. The zero-order valence-corrected chi connectivity index (χ0v) is 36.0. The molecule has 0 saturated heterocycles. The molecule has 0 radical (unpaired) electrons. The lowest BCUT2D eigenvalue weighted by Gasteiger charge is -2.12. The molecule has 306 valence electrons. The summed E-state index contributed by atoms with van der Waals surface area (Å²) in [5.41, 5.74) is 19.4. The first kappa shape index (κ1) is 41.3. The molecule has 9 aromatic rings. The van der Waals surface area contributed by atoms with E-state index in [0.29, 0.717) is 0 Å². The van der Waals surface area contributed by atoms with E-state index in [1.165, 1.54) is 77.9 Å². The summed E-state index contributed by atoms with van der Waals surface area (Å²) in [6.07, 6.45) is 15.4. The first-order chi connectivity index (χ1) is 31.7. The van der Waals surface area contributed by atoms with E-state index >= 15 is 0 Å². The van der Waals surface area contributed by atoms with Crippen LogP contribution in [0.2, 0.25) is 0 Å². The van der Waals surface area contributed by atoms with Crippen LogP contribution in [0.5, 0.6) is 0 Å². The Morgan fingerprint density at radius 1 is 0.234 bits per heavy atom. The lowest BCUT2D eigenvalue weighted by atomic mass is 9.93. The largest absolute Gasteiger partial charge is 0.0622 e. The second-order valence-electron chi connectivity index (χ2n) is 16.2. The molecule has 0 nitrogen and oxygen atoms in total. The van der Waals surface area contributed by atoms with Gasteiger partial charge in [-0.15, -0.1) is 0 Å². The van der Waals surface area contributed by atoms with Gasteiger partial charge in [-0.05, 0) is 114 Å². The monoisotopic (exact) mass is 818 g/mol. The number of rotatable bonds is 14. The van der Waals surface area contributed by atoms with Gasteiger partial charge in [-0.1, -0.05) is 267 Å². The van der Waals surface area contributed by atoms with Crippen LogP contribution in [-0.2, 0) is 12.8 Å². The molecule has 0 bridgehead atoms. The van der Waals surface area contributed by atoms with E-state index in [0.717, 1.165) is 24.0 Å². The smallest absolute Gasteiger partial charge is 0.00258 e. The van der Waals surface area contributed by atoms with Gasteiger partial charge >= 0.3 is 0 Å². The van der Waals surface area contributed by atoms with Crippen molar-refractivity contribution in [2.24, 2.45) is 0 Å². The summed E-state index contributed by atoms with van der Waals surface area (Å²) in [4.78, 5) is 0. The fraction of sp³-hybridized carbons (Fsp3) is 0.0312. The second-order valence-corrected chi connectivity index (χ2v) is 16.2. The normalized spacial score (nSPS) is 11.9. The van der Waals surface area contributed by atoms with Crippen molar-refractivity contribution in [1.82, 2.24) is 0 Å². The van der Waals surface area contributed by atoms with E-state index in [9.17, 15) is 0 Å². The topological polar surface area (TPSA) is 0 Å². The Labute approximate surface area is 379 Å². The minimum Gasteiger partial charge on any atom is -0.0622 e. The van der Waals surface area contributed by atoms with E-state index in [-0.39, 0.29) is 0 Å². The van der Waals surface area contributed by atoms with Gasteiger partial charge in [-0.25, -0.2) is 0 Å². The van der Waals surface area contributed by atoms with Crippen molar-refractivity contribution in [3.05, 3.63) is 321 Å². The van der Waals surface area contributed by atoms with Crippen molar-refractivity contribution in [2.45, 2.75) is 12.8 Å². The van der Waals surface area contributed by atoms with Crippen LogP contribution in [0, 0.1) is 0 Å². The molecule has 64 heavy (non-hydrogen) atoms. The van der Waals surface area contributed by atoms with E-state index in [1.807, 2.05) is 0 Å². The average Bonchev–Trinajstić information content (AvgIpc) is 3.36. The molecule has 0 aliphatic heterocycles. The third kappa shape index (κ3) is 10.9. The molecule has 0 heteroatoms. The predicted molar refractivity (Wildman–Crippen MR) is 275 cm³/mol. The molecule has 0 amide bonds. The van der Waals surface area contributed by atoms with Crippen LogP contribution in [0.25, 0.3) is 47.6 Å². The first-order valence-electron chi connectivity index (χ1n) is 22.2. The minimum absolute atomic E-state index is 0.921. The molecule has 0 heterocycles. The predicted octanol–water partition coefficient (Wildman–Crippen LogP) is 16.4. The summed E-state index contributed by atoms with van der Waals surface area (Å²) in [6, 6.07) is 86.9. The molecule has 0 saturated carbocycles. The highest BCUT2D eigenvalue weighted by Crippen LogP contribution is 2.31. The van der Waals surface area contributed by atoms with Crippen LogP contribution in [0.1, 0.15) is 77.9 Å². The molecule has 9 rings (SSSR count). The van der Waals surface area contributed by atoms with E-state index < -0.39 is 0 Å². The van der Waals surface area contributed by atoms with Crippen molar-refractivity contribution in [3.8, 4) is 0 Å². The Balaban J connectivity index is 0.931. The maximum Gasteiger partial charge on any atom is -0.00258 e. The van der Waals surface area contributed by atoms with Gasteiger partial charge in [0.2, 0.25) is 0 Å². The molecule has 0 fully saturated rings. The number of hydrogen-bond acceptors (Lipinski definition) is 0. The standard InChI is InChI=1S/C64H50/c1-5-17-51(18-6-1)45-53-35-41-59(42-36-53)63(57-23-9-3-10-24-57)47-61-27-15-13-21-55(61)39-33-49-29-31-50(32-30-49)34-40-56-22-14-16-28-62(56)48-64(58-25-11-4-12-26-58)60-43-37-54(38-44-60)46-52-19-7-2-8-20-52/h1-44,47-48H,45-46H2/b39-33?,40-34?,63-47-,64-48-. The van der Waals surface area contributed by atoms with Crippen LogP contribution in [0.4, 0.5) is 0 Å². The van der Waals surface area contributed by atoms with Crippen molar-refractivity contribution >= 4 is 47.6 Å². The summed E-state index contributed by atoms with van der Waals surface area (Å²) in [5.74, 6) is 0. The zero-order chi connectivity index (χ0) is 43.2. The molecule has 0 aliphatic rings. The van der Waals surface area contributed by atoms with Gasteiger partial charge in [0.25, 0.3) is 0 Å².